The standard InChI is InChI=1S/C22H17NOS2/c1-2-15-8-4-6-13-19(15)23-21(24)20(26-22(23)25)14-17-11-7-10-16-9-3-5-12-18(16)17/h3-14H,2H2,1H3. The Morgan fingerprint density at radius 1 is 1.00 bits per heavy atom. The van der Waals surface area contributed by atoms with E-state index in [1.54, 1.807) is 4.90 Å². The van der Waals surface area contributed by atoms with Gasteiger partial charge in [-0.3, -0.25) is 9.69 Å². The second-order valence-corrected chi connectivity index (χ2v) is 7.74. The monoisotopic (exact) mass is 375 g/mol. The minimum atomic E-state index is -0.0474. The van der Waals surface area contributed by atoms with Gasteiger partial charge in [-0.1, -0.05) is 91.6 Å². The summed E-state index contributed by atoms with van der Waals surface area (Å²) in [6, 6.07) is 22.3. The van der Waals surface area contributed by atoms with Crippen molar-refractivity contribution in [1.82, 2.24) is 0 Å². The minimum absolute atomic E-state index is 0.0474. The summed E-state index contributed by atoms with van der Waals surface area (Å²) < 4.78 is 0.586. The van der Waals surface area contributed by atoms with E-state index in [1.165, 1.54) is 11.8 Å². The number of carbonyl (C=O) groups excluding carboxylic acids is 1. The molecule has 1 aliphatic heterocycles. The normalized spacial score (nSPS) is 16.0. The van der Waals surface area contributed by atoms with Gasteiger partial charge in [0.05, 0.1) is 10.6 Å². The molecule has 0 spiro atoms. The van der Waals surface area contributed by atoms with Gasteiger partial charge >= 0.3 is 0 Å². The summed E-state index contributed by atoms with van der Waals surface area (Å²) >= 11 is 6.89. The molecule has 4 heteroatoms. The summed E-state index contributed by atoms with van der Waals surface area (Å²) in [5.74, 6) is -0.0474. The summed E-state index contributed by atoms with van der Waals surface area (Å²) in [6.45, 7) is 2.09. The Morgan fingerprint density at radius 3 is 2.58 bits per heavy atom. The van der Waals surface area contributed by atoms with Crippen molar-refractivity contribution in [2.24, 2.45) is 0 Å². The van der Waals surface area contributed by atoms with Crippen molar-refractivity contribution in [3.05, 3.63) is 82.8 Å². The number of aryl methyl sites for hydroxylation is 1. The van der Waals surface area contributed by atoms with Gasteiger partial charge in [-0.2, -0.15) is 0 Å². The van der Waals surface area contributed by atoms with E-state index >= 15 is 0 Å². The lowest BCUT2D eigenvalue weighted by Crippen LogP contribution is -2.28. The summed E-state index contributed by atoms with van der Waals surface area (Å²) in [7, 11) is 0. The van der Waals surface area contributed by atoms with Gasteiger partial charge in [-0.25, -0.2) is 0 Å². The van der Waals surface area contributed by atoms with Crippen LogP contribution in [0.2, 0.25) is 0 Å². The van der Waals surface area contributed by atoms with Crippen molar-refractivity contribution in [3.63, 3.8) is 0 Å². The molecular formula is C22H17NOS2. The van der Waals surface area contributed by atoms with Crippen molar-refractivity contribution in [2.45, 2.75) is 13.3 Å². The third-order valence-corrected chi connectivity index (χ3v) is 5.82. The molecule has 0 aromatic heterocycles. The number of anilines is 1. The van der Waals surface area contributed by atoms with E-state index in [0.29, 0.717) is 9.23 Å². The largest absolute Gasteiger partial charge is 0.270 e. The van der Waals surface area contributed by atoms with Gasteiger partial charge in [0, 0.05) is 0 Å². The van der Waals surface area contributed by atoms with Crippen molar-refractivity contribution in [1.29, 1.82) is 0 Å². The maximum Gasteiger partial charge on any atom is 0.270 e. The first-order valence-electron chi connectivity index (χ1n) is 8.52. The number of amides is 1. The molecule has 0 saturated carbocycles. The van der Waals surface area contributed by atoms with Gasteiger partial charge in [0.25, 0.3) is 5.91 Å². The Bertz CT molecular complexity index is 1050. The number of para-hydroxylation sites is 1. The predicted molar refractivity (Wildman–Crippen MR) is 115 cm³/mol. The lowest BCUT2D eigenvalue weighted by atomic mass is 10.0. The Hall–Kier alpha value is -2.43. The van der Waals surface area contributed by atoms with Gasteiger partial charge in [-0.15, -0.1) is 0 Å². The van der Waals surface area contributed by atoms with E-state index in [1.807, 2.05) is 54.6 Å². The molecule has 0 unspecified atom stereocenters. The van der Waals surface area contributed by atoms with E-state index in [4.69, 9.17) is 12.2 Å². The average Bonchev–Trinajstić information content (AvgIpc) is 2.95. The topological polar surface area (TPSA) is 20.3 Å². The van der Waals surface area contributed by atoms with Gasteiger partial charge in [0.2, 0.25) is 0 Å². The van der Waals surface area contributed by atoms with Crippen LogP contribution in [0.5, 0.6) is 0 Å². The maximum atomic E-state index is 13.1. The molecule has 1 saturated heterocycles. The molecule has 2 nitrogen and oxygen atoms in total. The zero-order chi connectivity index (χ0) is 18.1. The van der Waals surface area contributed by atoms with Gasteiger partial charge in [0.15, 0.2) is 4.32 Å². The first-order chi connectivity index (χ1) is 12.7. The van der Waals surface area contributed by atoms with Crippen LogP contribution in [0, 0.1) is 0 Å². The quantitative estimate of drug-likeness (QED) is 0.426. The molecule has 0 radical (unpaired) electrons. The van der Waals surface area contributed by atoms with E-state index in [-0.39, 0.29) is 5.91 Å². The molecule has 0 N–H and O–H groups in total. The minimum Gasteiger partial charge on any atom is -0.268 e. The molecule has 3 aromatic carbocycles. The number of carbonyl (C=O) groups is 1. The molecule has 0 bridgehead atoms. The molecule has 0 atom stereocenters. The Labute approximate surface area is 162 Å². The Balaban J connectivity index is 1.76. The van der Waals surface area contributed by atoms with Crippen LogP contribution in [-0.4, -0.2) is 10.2 Å². The highest BCUT2D eigenvalue weighted by atomic mass is 32.2. The second-order valence-electron chi connectivity index (χ2n) is 6.07. The lowest BCUT2D eigenvalue weighted by Gasteiger charge is -2.18. The second kappa shape index (κ2) is 7.06. The predicted octanol–water partition coefficient (Wildman–Crippen LogP) is 5.81. The van der Waals surface area contributed by atoms with Crippen molar-refractivity contribution in [3.8, 4) is 0 Å². The lowest BCUT2D eigenvalue weighted by molar-refractivity contribution is -0.113. The SMILES string of the molecule is CCc1ccccc1N1C(=O)C(=Cc2cccc3ccccc23)SC1=S. The van der Waals surface area contributed by atoms with Crippen molar-refractivity contribution < 1.29 is 4.79 Å². The van der Waals surface area contributed by atoms with Crippen LogP contribution >= 0.6 is 24.0 Å². The van der Waals surface area contributed by atoms with Crippen LogP contribution in [0.4, 0.5) is 5.69 Å². The zero-order valence-electron chi connectivity index (χ0n) is 14.3. The molecule has 1 aliphatic rings. The molecule has 4 rings (SSSR count). The fourth-order valence-corrected chi connectivity index (χ4v) is 4.50. The van der Waals surface area contributed by atoms with E-state index in [2.05, 4.69) is 25.1 Å². The molecular weight excluding hydrogens is 358 g/mol. The summed E-state index contributed by atoms with van der Waals surface area (Å²) in [5, 5.41) is 2.29. The Morgan fingerprint density at radius 2 is 1.73 bits per heavy atom. The van der Waals surface area contributed by atoms with Gasteiger partial charge in [-0.05, 0) is 40.5 Å². The first-order valence-corrected chi connectivity index (χ1v) is 9.75. The number of fused-ring (bicyclic) bond motifs is 1. The highest BCUT2D eigenvalue weighted by Crippen LogP contribution is 2.38. The van der Waals surface area contributed by atoms with Gasteiger partial charge in [0.1, 0.15) is 0 Å². The molecule has 1 heterocycles. The smallest absolute Gasteiger partial charge is 0.268 e. The average molecular weight is 376 g/mol. The third-order valence-electron chi connectivity index (χ3n) is 4.52. The molecule has 1 fully saturated rings. The highest BCUT2D eigenvalue weighted by Gasteiger charge is 2.34. The number of hydrogen-bond donors (Lipinski definition) is 0. The van der Waals surface area contributed by atoms with E-state index in [0.717, 1.165) is 34.0 Å². The van der Waals surface area contributed by atoms with E-state index in [9.17, 15) is 4.79 Å². The van der Waals surface area contributed by atoms with Gasteiger partial charge < -0.3 is 0 Å². The van der Waals surface area contributed by atoms with Crippen LogP contribution in [0.3, 0.4) is 0 Å². The highest BCUT2D eigenvalue weighted by molar-refractivity contribution is 8.27. The third kappa shape index (κ3) is 2.96. The van der Waals surface area contributed by atoms with E-state index < -0.39 is 0 Å². The molecule has 128 valence electrons. The zero-order valence-corrected chi connectivity index (χ0v) is 15.9. The first kappa shape index (κ1) is 17.0. The number of hydrogen-bond acceptors (Lipinski definition) is 3. The number of nitrogens with zero attached hydrogens (tertiary/aromatic N) is 1. The summed E-state index contributed by atoms with van der Waals surface area (Å²) in [5.41, 5.74) is 3.04. The number of rotatable bonds is 3. The van der Waals surface area contributed by atoms with Crippen LogP contribution in [-0.2, 0) is 11.2 Å². The fraction of sp³-hybridized carbons (Fsp3) is 0.0909. The van der Waals surface area contributed by atoms with Crippen molar-refractivity contribution in [2.75, 3.05) is 4.90 Å². The van der Waals surface area contributed by atoms with Crippen molar-refractivity contribution >= 4 is 56.7 Å². The fourth-order valence-electron chi connectivity index (χ4n) is 3.22. The van der Waals surface area contributed by atoms with Crippen LogP contribution in [0.25, 0.3) is 16.8 Å². The molecule has 1 amide bonds. The van der Waals surface area contributed by atoms with Crippen LogP contribution < -0.4 is 4.90 Å². The van der Waals surface area contributed by atoms with Crippen LogP contribution in [0.1, 0.15) is 18.1 Å². The molecule has 3 aromatic rings. The maximum absolute atomic E-state index is 13.1. The van der Waals surface area contributed by atoms with Crippen LogP contribution in [0.15, 0.2) is 71.6 Å². The summed E-state index contributed by atoms with van der Waals surface area (Å²) in [4.78, 5) is 15.4. The molecule has 0 aliphatic carbocycles. The number of thiocarbonyl (C=S) groups is 1. The number of thioether (sulfide) groups is 1. The Kier molecular flexibility index (Phi) is 4.62. The summed E-state index contributed by atoms with van der Waals surface area (Å²) in [6.07, 6.45) is 2.81. The number of benzene rings is 3. The molecule has 26 heavy (non-hydrogen) atoms.